The van der Waals surface area contributed by atoms with Crippen molar-refractivity contribution in [2.75, 3.05) is 0 Å². The first-order valence-corrected chi connectivity index (χ1v) is 5.65. The van der Waals surface area contributed by atoms with Crippen LogP contribution in [0.15, 0.2) is 35.3 Å². The van der Waals surface area contributed by atoms with E-state index in [0.29, 0.717) is 26.7 Å². The normalized spacial score (nSPS) is 10.5. The van der Waals surface area contributed by atoms with E-state index in [1.54, 1.807) is 18.2 Å². The van der Waals surface area contributed by atoms with E-state index >= 15 is 0 Å². The van der Waals surface area contributed by atoms with E-state index in [0.717, 1.165) is 0 Å². The van der Waals surface area contributed by atoms with Crippen LogP contribution in [0, 0.1) is 0 Å². The zero-order valence-electron chi connectivity index (χ0n) is 8.71. The summed E-state index contributed by atoms with van der Waals surface area (Å²) in [5.41, 5.74) is 1.59. The second-order valence-electron chi connectivity index (χ2n) is 3.52. The van der Waals surface area contributed by atoms with E-state index in [-0.39, 0.29) is 12.2 Å². The number of hydrogen-bond acceptors (Lipinski definition) is 2. The average Bonchev–Trinajstić information content (AvgIpc) is 2.32. The third-order valence-electron chi connectivity index (χ3n) is 2.40. The van der Waals surface area contributed by atoms with Gasteiger partial charge in [-0.15, -0.1) is 0 Å². The average molecular weight is 270 g/mol. The van der Waals surface area contributed by atoms with Crippen LogP contribution >= 0.6 is 23.2 Å². The number of aromatic nitrogens is 1. The van der Waals surface area contributed by atoms with E-state index in [2.05, 4.69) is 4.98 Å². The van der Waals surface area contributed by atoms with Crippen LogP contribution in [-0.2, 0) is 6.61 Å². The Labute approximate surface area is 108 Å². The van der Waals surface area contributed by atoms with Gasteiger partial charge in [-0.1, -0.05) is 23.2 Å². The molecule has 1 aromatic heterocycles. The fraction of sp³-hybridized carbons (Fsp3) is 0.0833. The molecule has 0 atom stereocenters. The third-order valence-corrected chi connectivity index (χ3v) is 2.96. The topological polar surface area (TPSA) is 53.1 Å². The van der Waals surface area contributed by atoms with Crippen LogP contribution in [0.2, 0.25) is 10.0 Å². The lowest BCUT2D eigenvalue weighted by atomic mass is 10.0. The zero-order valence-corrected chi connectivity index (χ0v) is 10.2. The van der Waals surface area contributed by atoms with Gasteiger partial charge in [-0.3, -0.25) is 4.79 Å². The summed E-state index contributed by atoms with van der Waals surface area (Å²) in [6.45, 7) is -0.234. The van der Waals surface area contributed by atoms with Gasteiger partial charge < -0.3 is 10.1 Å². The minimum atomic E-state index is -0.268. The number of H-pyrrole nitrogens is 1. The number of aromatic amines is 1. The fourth-order valence-corrected chi connectivity index (χ4v) is 1.99. The lowest BCUT2D eigenvalue weighted by Gasteiger charge is -2.09. The number of rotatable bonds is 2. The first-order valence-electron chi connectivity index (χ1n) is 4.89. The molecule has 1 aromatic carbocycles. The van der Waals surface area contributed by atoms with Gasteiger partial charge in [0.25, 0.3) is 0 Å². The molecule has 88 valence electrons. The summed E-state index contributed by atoms with van der Waals surface area (Å²) in [6.07, 6.45) is 1.52. The van der Waals surface area contributed by atoms with Crippen LogP contribution in [-0.4, -0.2) is 10.1 Å². The van der Waals surface area contributed by atoms with Crippen molar-refractivity contribution < 1.29 is 5.11 Å². The Kier molecular flexibility index (Phi) is 3.52. The van der Waals surface area contributed by atoms with Gasteiger partial charge in [0.05, 0.1) is 6.61 Å². The Balaban J connectivity index is 2.67. The number of halogens is 2. The van der Waals surface area contributed by atoms with E-state index in [9.17, 15) is 9.90 Å². The minimum Gasteiger partial charge on any atom is -0.392 e. The quantitative estimate of drug-likeness (QED) is 0.881. The predicted molar refractivity (Wildman–Crippen MR) is 68.4 cm³/mol. The second kappa shape index (κ2) is 4.92. The van der Waals surface area contributed by atoms with Crippen LogP contribution < -0.4 is 5.56 Å². The molecule has 0 aliphatic carbocycles. The van der Waals surface area contributed by atoms with Crippen molar-refractivity contribution in [3.8, 4) is 11.1 Å². The minimum absolute atomic E-state index is 0.234. The molecule has 0 radical (unpaired) electrons. The monoisotopic (exact) mass is 269 g/mol. The van der Waals surface area contributed by atoms with Crippen molar-refractivity contribution >= 4 is 23.2 Å². The number of aliphatic hydroxyl groups excluding tert-OH is 1. The van der Waals surface area contributed by atoms with Crippen LogP contribution in [0.4, 0.5) is 0 Å². The van der Waals surface area contributed by atoms with Crippen molar-refractivity contribution in [3.63, 3.8) is 0 Å². The number of benzene rings is 1. The molecule has 0 amide bonds. The standard InChI is InChI=1S/C12H9Cl2NO2/c13-8-1-2-11(14)9(4-8)10-5-15-12(17)3-7(10)6-16/h1-5,16H,6H2,(H,15,17). The molecule has 0 aliphatic rings. The van der Waals surface area contributed by atoms with E-state index < -0.39 is 0 Å². The van der Waals surface area contributed by atoms with E-state index in [1.165, 1.54) is 12.3 Å². The molecule has 0 spiro atoms. The summed E-state index contributed by atoms with van der Waals surface area (Å²) in [7, 11) is 0. The Morgan fingerprint density at radius 3 is 2.65 bits per heavy atom. The summed E-state index contributed by atoms with van der Waals surface area (Å²) in [4.78, 5) is 13.7. The van der Waals surface area contributed by atoms with Gasteiger partial charge in [-0.05, 0) is 23.8 Å². The Morgan fingerprint density at radius 2 is 1.94 bits per heavy atom. The highest BCUT2D eigenvalue weighted by atomic mass is 35.5. The largest absolute Gasteiger partial charge is 0.392 e. The van der Waals surface area contributed by atoms with Crippen molar-refractivity contribution in [2.24, 2.45) is 0 Å². The molecular formula is C12H9Cl2NO2. The first kappa shape index (κ1) is 12.2. The molecule has 0 fully saturated rings. The molecule has 0 saturated heterocycles. The van der Waals surface area contributed by atoms with Crippen molar-refractivity contribution in [1.82, 2.24) is 4.98 Å². The molecule has 1 heterocycles. The van der Waals surface area contributed by atoms with Crippen LogP contribution in [0.5, 0.6) is 0 Å². The Hall–Kier alpha value is -1.29. The highest BCUT2D eigenvalue weighted by molar-refractivity contribution is 6.35. The lowest BCUT2D eigenvalue weighted by Crippen LogP contribution is -2.06. The number of pyridine rings is 1. The van der Waals surface area contributed by atoms with Gasteiger partial charge in [0.1, 0.15) is 0 Å². The molecule has 17 heavy (non-hydrogen) atoms. The lowest BCUT2D eigenvalue weighted by molar-refractivity contribution is 0.282. The zero-order chi connectivity index (χ0) is 12.4. The number of hydrogen-bond donors (Lipinski definition) is 2. The highest BCUT2D eigenvalue weighted by Crippen LogP contribution is 2.31. The van der Waals surface area contributed by atoms with Crippen LogP contribution in [0.1, 0.15) is 5.56 Å². The summed E-state index contributed by atoms with van der Waals surface area (Å²) in [6, 6.07) is 6.38. The number of nitrogens with one attached hydrogen (secondary N) is 1. The maximum atomic E-state index is 11.2. The van der Waals surface area contributed by atoms with E-state index in [4.69, 9.17) is 23.2 Å². The summed E-state index contributed by atoms with van der Waals surface area (Å²) in [5, 5.41) is 10.3. The molecule has 0 bridgehead atoms. The van der Waals surface area contributed by atoms with Gasteiger partial charge in [0.15, 0.2) is 0 Å². The smallest absolute Gasteiger partial charge is 0.248 e. The predicted octanol–water partition coefficient (Wildman–Crippen LogP) is 2.84. The maximum Gasteiger partial charge on any atom is 0.248 e. The Morgan fingerprint density at radius 1 is 1.18 bits per heavy atom. The number of aliphatic hydroxyl groups is 1. The molecule has 0 saturated carbocycles. The molecule has 0 unspecified atom stereocenters. The van der Waals surface area contributed by atoms with E-state index in [1.807, 2.05) is 0 Å². The van der Waals surface area contributed by atoms with Gasteiger partial charge >= 0.3 is 0 Å². The molecule has 2 N–H and O–H groups in total. The maximum absolute atomic E-state index is 11.2. The molecule has 3 nitrogen and oxygen atoms in total. The van der Waals surface area contributed by atoms with Crippen LogP contribution in [0.25, 0.3) is 11.1 Å². The molecule has 2 aromatic rings. The van der Waals surface area contributed by atoms with Gasteiger partial charge in [-0.2, -0.15) is 0 Å². The summed E-state index contributed by atoms with van der Waals surface area (Å²) < 4.78 is 0. The first-order chi connectivity index (χ1) is 8.11. The van der Waals surface area contributed by atoms with Crippen molar-refractivity contribution in [1.29, 1.82) is 0 Å². The highest BCUT2D eigenvalue weighted by Gasteiger charge is 2.09. The molecular weight excluding hydrogens is 261 g/mol. The third kappa shape index (κ3) is 2.52. The van der Waals surface area contributed by atoms with Gasteiger partial charge in [-0.25, -0.2) is 0 Å². The SMILES string of the molecule is O=c1cc(CO)c(-c2cc(Cl)ccc2Cl)c[nH]1. The second-order valence-corrected chi connectivity index (χ2v) is 4.36. The molecule has 5 heteroatoms. The van der Waals surface area contributed by atoms with Crippen molar-refractivity contribution in [2.45, 2.75) is 6.61 Å². The van der Waals surface area contributed by atoms with Crippen LogP contribution in [0.3, 0.4) is 0 Å². The Bertz CT molecular complexity index is 608. The van der Waals surface area contributed by atoms with Gasteiger partial charge in [0.2, 0.25) is 5.56 Å². The molecule has 0 aliphatic heterocycles. The fourth-order valence-electron chi connectivity index (χ4n) is 1.60. The molecule has 2 rings (SSSR count). The summed E-state index contributed by atoms with van der Waals surface area (Å²) in [5.74, 6) is 0. The van der Waals surface area contributed by atoms with Crippen molar-refractivity contribution in [3.05, 3.63) is 56.4 Å². The van der Waals surface area contributed by atoms with Gasteiger partial charge in [0, 0.05) is 33.4 Å². The summed E-state index contributed by atoms with van der Waals surface area (Å²) >= 11 is 12.0.